The van der Waals surface area contributed by atoms with Gasteiger partial charge in [-0.05, 0) is 32.5 Å². The summed E-state index contributed by atoms with van der Waals surface area (Å²) < 4.78 is 18.1. The highest BCUT2D eigenvalue weighted by molar-refractivity contribution is 5.91. The minimum absolute atomic E-state index is 0.0744. The lowest BCUT2D eigenvalue weighted by Gasteiger charge is -2.35. The number of likely N-dealkylation sites (N-methyl/N-ethyl adjacent to an activating group) is 1. The number of nitrogens with zero attached hydrogens (tertiary/aromatic N) is 5. The monoisotopic (exact) mass is 429 g/mol. The molecule has 1 aromatic heterocycles. The van der Waals surface area contributed by atoms with Gasteiger partial charge in [0.05, 0.1) is 11.4 Å². The van der Waals surface area contributed by atoms with E-state index in [0.717, 1.165) is 19.6 Å². The fourth-order valence-corrected chi connectivity index (χ4v) is 3.74. The van der Waals surface area contributed by atoms with Crippen molar-refractivity contribution in [3.05, 3.63) is 29.6 Å². The smallest absolute Gasteiger partial charge is 0.361 e. The third-order valence-electron chi connectivity index (χ3n) is 5.62. The van der Waals surface area contributed by atoms with E-state index < -0.39 is 12.1 Å². The van der Waals surface area contributed by atoms with Crippen molar-refractivity contribution in [1.29, 1.82) is 0 Å². The minimum atomic E-state index is -0.889. The van der Waals surface area contributed by atoms with Gasteiger partial charge < -0.3 is 24.0 Å². The molecule has 0 bridgehead atoms. The van der Waals surface area contributed by atoms with Gasteiger partial charge in [-0.25, -0.2) is 9.48 Å². The second kappa shape index (κ2) is 8.93. The van der Waals surface area contributed by atoms with Crippen LogP contribution in [0.15, 0.2) is 18.2 Å². The fourth-order valence-electron chi connectivity index (χ4n) is 3.74. The first-order chi connectivity index (χ1) is 15.0. The van der Waals surface area contributed by atoms with Gasteiger partial charge in [0.2, 0.25) is 0 Å². The Labute approximate surface area is 180 Å². The number of piperazine rings is 1. The number of amides is 1. The Bertz CT molecular complexity index is 967. The summed E-state index contributed by atoms with van der Waals surface area (Å²) in [5.41, 5.74) is 1.27. The zero-order valence-corrected chi connectivity index (χ0v) is 18.0. The molecule has 2 aromatic rings. The summed E-state index contributed by atoms with van der Waals surface area (Å²) in [6.07, 6.45) is -0.889. The number of benzene rings is 1. The Hall–Kier alpha value is -3.14. The van der Waals surface area contributed by atoms with E-state index in [2.05, 4.69) is 22.1 Å². The number of fused-ring (bicyclic) bond motifs is 1. The van der Waals surface area contributed by atoms with E-state index in [4.69, 9.17) is 14.2 Å². The first-order valence-corrected chi connectivity index (χ1v) is 10.5. The first-order valence-electron chi connectivity index (χ1n) is 10.5. The van der Waals surface area contributed by atoms with Crippen LogP contribution in [0, 0.1) is 6.92 Å². The molecule has 1 aromatic carbocycles. The van der Waals surface area contributed by atoms with Crippen molar-refractivity contribution in [1.82, 2.24) is 24.8 Å². The summed E-state index contributed by atoms with van der Waals surface area (Å²) in [5.74, 6) is 0.417. The molecular weight excluding hydrogens is 402 g/mol. The van der Waals surface area contributed by atoms with Crippen LogP contribution in [0.4, 0.5) is 0 Å². The predicted octanol–water partition coefficient (Wildman–Crippen LogP) is 1.06. The van der Waals surface area contributed by atoms with Gasteiger partial charge in [0.25, 0.3) is 5.91 Å². The SMILES string of the molecule is CCN1CCN(C(=O)C(C)OC(=O)c2nnn(-c3ccc4c(c3)OCCO4)c2C)CC1. The summed E-state index contributed by atoms with van der Waals surface area (Å²) in [6.45, 7) is 10.3. The van der Waals surface area contributed by atoms with Gasteiger partial charge in [-0.3, -0.25) is 4.79 Å². The summed E-state index contributed by atoms with van der Waals surface area (Å²) in [7, 11) is 0. The molecule has 1 amide bonds. The fraction of sp³-hybridized carbons (Fsp3) is 0.524. The summed E-state index contributed by atoms with van der Waals surface area (Å²) >= 11 is 0. The number of ether oxygens (including phenoxy) is 3. The average Bonchev–Trinajstić information content (AvgIpc) is 3.19. The van der Waals surface area contributed by atoms with E-state index >= 15 is 0 Å². The number of hydrogen-bond donors (Lipinski definition) is 0. The van der Waals surface area contributed by atoms with Gasteiger partial charge in [-0.2, -0.15) is 0 Å². The van der Waals surface area contributed by atoms with Crippen LogP contribution < -0.4 is 9.47 Å². The molecule has 0 aliphatic carbocycles. The molecule has 1 unspecified atom stereocenters. The maximum absolute atomic E-state index is 12.7. The molecular formula is C21H27N5O5. The van der Waals surface area contributed by atoms with Gasteiger partial charge in [0.15, 0.2) is 23.3 Å². The van der Waals surface area contributed by atoms with Crippen molar-refractivity contribution < 1.29 is 23.8 Å². The van der Waals surface area contributed by atoms with Gasteiger partial charge in [-0.1, -0.05) is 12.1 Å². The van der Waals surface area contributed by atoms with Gasteiger partial charge >= 0.3 is 5.97 Å². The van der Waals surface area contributed by atoms with Crippen molar-refractivity contribution in [2.75, 3.05) is 45.9 Å². The van der Waals surface area contributed by atoms with E-state index in [1.165, 1.54) is 4.68 Å². The Morgan fingerprint density at radius 2 is 1.84 bits per heavy atom. The summed E-state index contributed by atoms with van der Waals surface area (Å²) in [4.78, 5) is 29.4. The van der Waals surface area contributed by atoms with Crippen molar-refractivity contribution in [2.45, 2.75) is 26.9 Å². The van der Waals surface area contributed by atoms with Gasteiger partial charge in [0.1, 0.15) is 13.2 Å². The molecule has 0 radical (unpaired) electrons. The number of carbonyl (C=O) groups is 2. The van der Waals surface area contributed by atoms with Gasteiger partial charge in [0, 0.05) is 32.2 Å². The molecule has 1 saturated heterocycles. The molecule has 1 atom stereocenters. The molecule has 4 rings (SSSR count). The molecule has 10 heteroatoms. The van der Waals surface area contributed by atoms with Crippen molar-refractivity contribution in [3.63, 3.8) is 0 Å². The van der Waals surface area contributed by atoms with Crippen molar-refractivity contribution in [2.24, 2.45) is 0 Å². The van der Waals surface area contributed by atoms with E-state index in [0.29, 0.717) is 49.2 Å². The average molecular weight is 429 g/mol. The lowest BCUT2D eigenvalue weighted by molar-refractivity contribution is -0.141. The van der Waals surface area contributed by atoms with Crippen LogP contribution in [0.25, 0.3) is 5.69 Å². The van der Waals surface area contributed by atoms with Gasteiger partial charge in [-0.15, -0.1) is 5.10 Å². The van der Waals surface area contributed by atoms with Crippen molar-refractivity contribution in [3.8, 4) is 17.2 Å². The van der Waals surface area contributed by atoms with Crippen LogP contribution in [0.1, 0.15) is 30.0 Å². The molecule has 31 heavy (non-hydrogen) atoms. The second-order valence-electron chi connectivity index (χ2n) is 7.57. The molecule has 0 spiro atoms. The Morgan fingerprint density at radius 3 is 2.55 bits per heavy atom. The summed E-state index contributed by atoms with van der Waals surface area (Å²) in [6, 6.07) is 5.39. The molecule has 10 nitrogen and oxygen atoms in total. The standard InChI is InChI=1S/C21H27N5O5/c1-4-24-7-9-25(10-8-24)20(27)15(3)31-21(28)19-14(2)26(23-22-19)16-5-6-17-18(13-16)30-12-11-29-17/h5-6,13,15H,4,7-12H2,1-3H3. The third-order valence-corrected chi connectivity index (χ3v) is 5.62. The lowest BCUT2D eigenvalue weighted by Crippen LogP contribution is -2.51. The minimum Gasteiger partial charge on any atom is -0.486 e. The lowest BCUT2D eigenvalue weighted by atomic mass is 10.2. The number of rotatable bonds is 5. The number of carbonyl (C=O) groups excluding carboxylic acids is 2. The highest BCUT2D eigenvalue weighted by Gasteiger charge is 2.29. The van der Waals surface area contributed by atoms with Crippen LogP contribution in [0.3, 0.4) is 0 Å². The molecule has 0 saturated carbocycles. The Morgan fingerprint density at radius 1 is 1.13 bits per heavy atom. The molecule has 166 valence electrons. The topological polar surface area (TPSA) is 99.0 Å². The van der Waals surface area contributed by atoms with E-state index in [1.807, 2.05) is 6.07 Å². The predicted molar refractivity (Wildman–Crippen MR) is 111 cm³/mol. The third kappa shape index (κ3) is 4.34. The molecule has 1 fully saturated rings. The second-order valence-corrected chi connectivity index (χ2v) is 7.57. The number of esters is 1. The van der Waals surface area contributed by atoms with Crippen LogP contribution in [-0.4, -0.2) is 88.7 Å². The summed E-state index contributed by atoms with van der Waals surface area (Å²) in [5, 5.41) is 8.07. The van der Waals surface area contributed by atoms with Crippen LogP contribution in [-0.2, 0) is 9.53 Å². The Balaban J connectivity index is 1.43. The number of aromatic nitrogens is 3. The number of hydrogen-bond acceptors (Lipinski definition) is 8. The maximum atomic E-state index is 12.7. The van der Waals surface area contributed by atoms with E-state index in [1.54, 1.807) is 30.9 Å². The van der Waals surface area contributed by atoms with Crippen LogP contribution in [0.5, 0.6) is 11.5 Å². The first kappa shape index (κ1) is 21.1. The maximum Gasteiger partial charge on any atom is 0.361 e. The van der Waals surface area contributed by atoms with Crippen LogP contribution in [0.2, 0.25) is 0 Å². The largest absolute Gasteiger partial charge is 0.486 e. The molecule has 0 N–H and O–H groups in total. The highest BCUT2D eigenvalue weighted by atomic mass is 16.6. The quantitative estimate of drug-likeness (QED) is 0.651. The highest BCUT2D eigenvalue weighted by Crippen LogP contribution is 2.32. The van der Waals surface area contributed by atoms with E-state index in [-0.39, 0.29) is 11.6 Å². The van der Waals surface area contributed by atoms with Crippen molar-refractivity contribution >= 4 is 11.9 Å². The Kier molecular flexibility index (Phi) is 6.08. The molecule has 3 heterocycles. The normalized spacial score (nSPS) is 17.3. The zero-order valence-electron chi connectivity index (χ0n) is 18.0. The molecule has 2 aliphatic rings. The van der Waals surface area contributed by atoms with E-state index in [9.17, 15) is 9.59 Å². The van der Waals surface area contributed by atoms with Crippen LogP contribution >= 0.6 is 0 Å². The zero-order chi connectivity index (χ0) is 22.0. The molecule has 2 aliphatic heterocycles.